The van der Waals surface area contributed by atoms with Crippen LogP contribution in [0.3, 0.4) is 0 Å². The van der Waals surface area contributed by atoms with E-state index in [1.54, 1.807) is 0 Å². The second kappa shape index (κ2) is 6.90. The molecule has 0 spiro atoms. The minimum Gasteiger partial charge on any atom is -0.481 e. The summed E-state index contributed by atoms with van der Waals surface area (Å²) in [4.78, 5) is 10.3. The maximum atomic E-state index is 12.3. The average molecular weight is 325 g/mol. The highest BCUT2D eigenvalue weighted by molar-refractivity contribution is 7.89. The molecule has 0 aliphatic rings. The Bertz CT molecular complexity index is 582. The number of carboxylic acids is 1. The summed E-state index contributed by atoms with van der Waals surface area (Å²) in [7, 11) is -3.65. The lowest BCUT2D eigenvalue weighted by molar-refractivity contribution is -0.138. The highest BCUT2D eigenvalue weighted by Crippen LogP contribution is 2.29. The van der Waals surface area contributed by atoms with Gasteiger partial charge in [-0.05, 0) is 24.1 Å². The highest BCUT2D eigenvalue weighted by Gasteiger charge is 2.29. The average Bonchev–Trinajstić information content (AvgIpc) is 2.35. The van der Waals surface area contributed by atoms with E-state index in [9.17, 15) is 26.4 Å². The van der Waals surface area contributed by atoms with E-state index in [0.717, 1.165) is 12.1 Å². The molecule has 0 amide bonds. The number of rotatable bonds is 7. The lowest BCUT2D eigenvalue weighted by Gasteiger charge is -2.09. The molecule has 0 saturated heterocycles. The van der Waals surface area contributed by atoms with Gasteiger partial charge < -0.3 is 5.11 Å². The summed E-state index contributed by atoms with van der Waals surface area (Å²) in [6.45, 7) is -0.145. The highest BCUT2D eigenvalue weighted by atomic mass is 32.2. The predicted octanol–water partition coefficient (Wildman–Crippen LogP) is 1.99. The molecule has 1 aromatic rings. The second-order valence-corrected chi connectivity index (χ2v) is 6.26. The Hall–Kier alpha value is -1.61. The summed E-state index contributed by atoms with van der Waals surface area (Å²) in [5, 5.41) is 8.40. The first-order valence-electron chi connectivity index (χ1n) is 5.95. The number of alkyl halides is 3. The standard InChI is InChI=1S/C12H14F3NO4S/c13-12(14,15)10-5-3-9(4-6-10)8-16-21(19,20)7-1-2-11(17)18/h3-6,16H,1-2,7-8H2,(H,17,18). The predicted molar refractivity (Wildman–Crippen MR) is 68.9 cm³/mol. The molecule has 0 unspecified atom stereocenters. The lowest BCUT2D eigenvalue weighted by Crippen LogP contribution is -2.26. The summed E-state index contributed by atoms with van der Waals surface area (Å²) >= 11 is 0. The molecular formula is C12H14F3NO4S. The molecule has 118 valence electrons. The Balaban J connectivity index is 2.53. The smallest absolute Gasteiger partial charge is 0.416 e. The van der Waals surface area contributed by atoms with Gasteiger partial charge in [0, 0.05) is 13.0 Å². The van der Waals surface area contributed by atoms with Crippen LogP contribution in [0, 0.1) is 0 Å². The Morgan fingerprint density at radius 3 is 2.24 bits per heavy atom. The summed E-state index contributed by atoms with van der Waals surface area (Å²) in [5.41, 5.74) is -0.430. The van der Waals surface area contributed by atoms with Gasteiger partial charge in [0.25, 0.3) is 0 Å². The Morgan fingerprint density at radius 2 is 1.76 bits per heavy atom. The molecule has 1 aromatic carbocycles. The maximum absolute atomic E-state index is 12.3. The van der Waals surface area contributed by atoms with Crippen molar-refractivity contribution < 1.29 is 31.5 Å². The quantitative estimate of drug-likeness (QED) is 0.803. The zero-order valence-electron chi connectivity index (χ0n) is 10.9. The molecule has 2 N–H and O–H groups in total. The number of halogens is 3. The molecule has 0 aromatic heterocycles. The van der Waals surface area contributed by atoms with Gasteiger partial charge >= 0.3 is 12.1 Å². The van der Waals surface area contributed by atoms with Gasteiger partial charge in [-0.3, -0.25) is 4.79 Å². The fraction of sp³-hybridized carbons (Fsp3) is 0.417. The van der Waals surface area contributed by atoms with Crippen molar-refractivity contribution in [1.82, 2.24) is 4.72 Å². The van der Waals surface area contributed by atoms with Crippen LogP contribution in [0.25, 0.3) is 0 Å². The van der Waals surface area contributed by atoms with Crippen LogP contribution in [-0.2, 0) is 27.5 Å². The van der Waals surface area contributed by atoms with Gasteiger partial charge in [-0.1, -0.05) is 12.1 Å². The van der Waals surface area contributed by atoms with Crippen LogP contribution >= 0.6 is 0 Å². The molecular weight excluding hydrogens is 311 g/mol. The molecule has 21 heavy (non-hydrogen) atoms. The van der Waals surface area contributed by atoms with Crippen LogP contribution < -0.4 is 4.72 Å². The Morgan fingerprint density at radius 1 is 1.19 bits per heavy atom. The van der Waals surface area contributed by atoms with E-state index in [0.29, 0.717) is 5.56 Å². The third-order valence-electron chi connectivity index (χ3n) is 2.58. The van der Waals surface area contributed by atoms with E-state index in [2.05, 4.69) is 4.72 Å². The van der Waals surface area contributed by atoms with Crippen molar-refractivity contribution in [2.45, 2.75) is 25.6 Å². The van der Waals surface area contributed by atoms with Crippen molar-refractivity contribution in [3.8, 4) is 0 Å². The van der Waals surface area contributed by atoms with E-state index >= 15 is 0 Å². The molecule has 0 fully saturated rings. The van der Waals surface area contributed by atoms with E-state index < -0.39 is 27.7 Å². The number of carbonyl (C=O) groups is 1. The van der Waals surface area contributed by atoms with Gasteiger partial charge in [0.05, 0.1) is 11.3 Å². The van der Waals surface area contributed by atoms with Crippen LogP contribution in [-0.4, -0.2) is 25.2 Å². The lowest BCUT2D eigenvalue weighted by atomic mass is 10.1. The largest absolute Gasteiger partial charge is 0.481 e. The normalized spacial score (nSPS) is 12.3. The summed E-state index contributed by atoms with van der Waals surface area (Å²) in [6.07, 6.45) is -4.73. The maximum Gasteiger partial charge on any atom is 0.416 e. The molecule has 9 heteroatoms. The number of hydrogen-bond acceptors (Lipinski definition) is 3. The monoisotopic (exact) mass is 325 g/mol. The first kappa shape index (κ1) is 17.4. The number of carboxylic acid groups (broad SMARTS) is 1. The third kappa shape index (κ3) is 6.58. The van der Waals surface area contributed by atoms with Crippen molar-refractivity contribution in [3.05, 3.63) is 35.4 Å². The van der Waals surface area contributed by atoms with E-state index in [-0.39, 0.29) is 25.1 Å². The van der Waals surface area contributed by atoms with Crippen molar-refractivity contribution in [3.63, 3.8) is 0 Å². The SMILES string of the molecule is O=C(O)CCCS(=O)(=O)NCc1ccc(C(F)(F)F)cc1. The number of sulfonamides is 1. The van der Waals surface area contributed by atoms with Crippen LogP contribution in [0.5, 0.6) is 0 Å². The molecule has 0 heterocycles. The van der Waals surface area contributed by atoms with Gasteiger partial charge in [0.1, 0.15) is 0 Å². The summed E-state index contributed by atoms with van der Waals surface area (Å²) in [6, 6.07) is 4.10. The molecule has 1 rings (SSSR count). The second-order valence-electron chi connectivity index (χ2n) is 4.33. The Kier molecular flexibility index (Phi) is 5.73. The van der Waals surface area contributed by atoms with Gasteiger partial charge in [-0.15, -0.1) is 0 Å². The topological polar surface area (TPSA) is 83.5 Å². The first-order chi connectivity index (χ1) is 9.60. The van der Waals surface area contributed by atoms with Crippen LogP contribution in [0.15, 0.2) is 24.3 Å². The van der Waals surface area contributed by atoms with E-state index in [4.69, 9.17) is 5.11 Å². The molecule has 0 saturated carbocycles. The number of hydrogen-bond donors (Lipinski definition) is 2. The van der Waals surface area contributed by atoms with E-state index in [1.165, 1.54) is 12.1 Å². The Labute approximate surface area is 119 Å². The van der Waals surface area contributed by atoms with Gasteiger partial charge in [0.15, 0.2) is 0 Å². The van der Waals surface area contributed by atoms with Crippen molar-refractivity contribution in [2.24, 2.45) is 0 Å². The summed E-state index contributed by atoms with van der Waals surface area (Å²) in [5.74, 6) is -1.44. The van der Waals surface area contributed by atoms with Crippen LogP contribution in [0.2, 0.25) is 0 Å². The van der Waals surface area contributed by atoms with Crippen molar-refractivity contribution >= 4 is 16.0 Å². The third-order valence-corrected chi connectivity index (χ3v) is 3.99. The first-order valence-corrected chi connectivity index (χ1v) is 7.61. The van der Waals surface area contributed by atoms with E-state index in [1.807, 2.05) is 0 Å². The number of aliphatic carboxylic acids is 1. The van der Waals surface area contributed by atoms with Crippen molar-refractivity contribution in [1.29, 1.82) is 0 Å². The van der Waals surface area contributed by atoms with Gasteiger partial charge in [-0.2, -0.15) is 13.2 Å². The van der Waals surface area contributed by atoms with Gasteiger partial charge in [-0.25, -0.2) is 13.1 Å². The fourth-order valence-electron chi connectivity index (χ4n) is 1.49. The zero-order valence-corrected chi connectivity index (χ0v) is 11.7. The number of nitrogens with one attached hydrogen (secondary N) is 1. The number of benzene rings is 1. The fourth-order valence-corrected chi connectivity index (χ4v) is 2.55. The minimum atomic E-state index is -4.44. The molecule has 0 aliphatic carbocycles. The van der Waals surface area contributed by atoms with Crippen molar-refractivity contribution in [2.75, 3.05) is 5.75 Å². The minimum absolute atomic E-state index is 0.0301. The molecule has 5 nitrogen and oxygen atoms in total. The zero-order chi connectivity index (χ0) is 16.1. The molecule has 0 atom stereocenters. The molecule has 0 bridgehead atoms. The van der Waals surface area contributed by atoms with Crippen LogP contribution in [0.1, 0.15) is 24.0 Å². The molecule has 0 radical (unpaired) electrons. The van der Waals surface area contributed by atoms with Gasteiger partial charge in [0.2, 0.25) is 10.0 Å². The summed E-state index contributed by atoms with van der Waals surface area (Å²) < 4.78 is 62.3. The molecule has 0 aliphatic heterocycles. The van der Waals surface area contributed by atoms with Crippen LogP contribution in [0.4, 0.5) is 13.2 Å².